The zero-order valence-corrected chi connectivity index (χ0v) is 16.1. The van der Waals surface area contributed by atoms with Gasteiger partial charge in [-0.05, 0) is 47.5 Å². The second-order valence-corrected chi connectivity index (χ2v) is 7.89. The lowest BCUT2D eigenvalue weighted by Crippen LogP contribution is -1.99. The van der Waals surface area contributed by atoms with Crippen molar-refractivity contribution in [3.63, 3.8) is 0 Å². The average Bonchev–Trinajstić information content (AvgIpc) is 2.73. The average molecular weight is 372 g/mol. The van der Waals surface area contributed by atoms with Crippen LogP contribution in [-0.4, -0.2) is 11.3 Å². The van der Waals surface area contributed by atoms with Gasteiger partial charge in [0, 0.05) is 10.5 Å². The van der Waals surface area contributed by atoms with E-state index in [1.54, 1.807) is 7.11 Å². The Hall–Kier alpha value is -2.91. The minimum Gasteiger partial charge on any atom is -0.496 e. The molecule has 134 valence electrons. The third-order valence-electron chi connectivity index (χ3n) is 4.70. The first-order valence-electron chi connectivity index (χ1n) is 8.82. The largest absolute Gasteiger partial charge is 0.496 e. The van der Waals surface area contributed by atoms with Crippen LogP contribution in [0, 0.1) is 6.92 Å². The SMILES string of the molecule is COc1cccc(S(=O)c2ccc(C)cc2)c1-c1cccc2ccccc12. The summed E-state index contributed by atoms with van der Waals surface area (Å²) in [5.74, 6) is 0.726. The van der Waals surface area contributed by atoms with Crippen molar-refractivity contribution in [2.24, 2.45) is 0 Å². The van der Waals surface area contributed by atoms with E-state index in [0.29, 0.717) is 0 Å². The van der Waals surface area contributed by atoms with Gasteiger partial charge in [-0.3, -0.25) is 0 Å². The van der Waals surface area contributed by atoms with Crippen LogP contribution in [0.1, 0.15) is 5.56 Å². The van der Waals surface area contributed by atoms with Crippen LogP contribution in [0.25, 0.3) is 21.9 Å². The van der Waals surface area contributed by atoms with Gasteiger partial charge in [0.2, 0.25) is 0 Å². The maximum Gasteiger partial charge on any atom is 0.127 e. The van der Waals surface area contributed by atoms with Crippen LogP contribution >= 0.6 is 0 Å². The summed E-state index contributed by atoms with van der Waals surface area (Å²) in [6, 6.07) is 28.0. The fourth-order valence-corrected chi connectivity index (χ4v) is 4.57. The summed E-state index contributed by atoms with van der Waals surface area (Å²) < 4.78 is 19.1. The summed E-state index contributed by atoms with van der Waals surface area (Å²) in [7, 11) is 0.353. The van der Waals surface area contributed by atoms with Crippen molar-refractivity contribution in [1.29, 1.82) is 0 Å². The Kier molecular flexibility index (Phi) is 4.78. The number of fused-ring (bicyclic) bond motifs is 1. The molecule has 0 aliphatic rings. The highest BCUT2D eigenvalue weighted by Crippen LogP contribution is 2.40. The summed E-state index contributed by atoms with van der Waals surface area (Å²) in [5, 5.41) is 2.26. The van der Waals surface area contributed by atoms with E-state index in [2.05, 4.69) is 24.3 Å². The highest BCUT2D eigenvalue weighted by Gasteiger charge is 2.19. The Balaban J connectivity index is 1.97. The van der Waals surface area contributed by atoms with Crippen molar-refractivity contribution in [1.82, 2.24) is 0 Å². The molecule has 0 saturated heterocycles. The van der Waals surface area contributed by atoms with E-state index in [-0.39, 0.29) is 0 Å². The van der Waals surface area contributed by atoms with Gasteiger partial charge in [0.25, 0.3) is 0 Å². The minimum atomic E-state index is -1.30. The first-order valence-corrected chi connectivity index (χ1v) is 9.97. The first kappa shape index (κ1) is 17.5. The van der Waals surface area contributed by atoms with E-state index in [0.717, 1.165) is 43.0 Å². The molecule has 0 spiro atoms. The lowest BCUT2D eigenvalue weighted by molar-refractivity contribution is 0.415. The molecule has 0 saturated carbocycles. The van der Waals surface area contributed by atoms with E-state index in [4.69, 9.17) is 4.74 Å². The van der Waals surface area contributed by atoms with Crippen molar-refractivity contribution in [2.75, 3.05) is 7.11 Å². The number of aryl methyl sites for hydroxylation is 1. The Morgan fingerprint density at radius 3 is 2.26 bits per heavy atom. The summed E-state index contributed by atoms with van der Waals surface area (Å²) in [6.07, 6.45) is 0. The second kappa shape index (κ2) is 7.37. The molecule has 4 rings (SSSR count). The van der Waals surface area contributed by atoms with E-state index in [9.17, 15) is 4.21 Å². The van der Waals surface area contributed by atoms with Crippen molar-refractivity contribution in [3.05, 3.63) is 90.5 Å². The van der Waals surface area contributed by atoms with Gasteiger partial charge in [-0.15, -0.1) is 0 Å². The molecule has 0 amide bonds. The van der Waals surface area contributed by atoms with Gasteiger partial charge in [0.1, 0.15) is 5.75 Å². The quantitative estimate of drug-likeness (QED) is 0.440. The maximum absolute atomic E-state index is 13.4. The van der Waals surface area contributed by atoms with Crippen molar-refractivity contribution in [2.45, 2.75) is 16.7 Å². The minimum absolute atomic E-state index is 0.726. The summed E-state index contributed by atoms with van der Waals surface area (Å²) in [6.45, 7) is 2.03. The second-order valence-electron chi connectivity index (χ2n) is 6.44. The predicted molar refractivity (Wildman–Crippen MR) is 112 cm³/mol. The van der Waals surface area contributed by atoms with Crippen LogP contribution in [0.15, 0.2) is 94.7 Å². The lowest BCUT2D eigenvalue weighted by atomic mass is 9.97. The monoisotopic (exact) mass is 372 g/mol. The Labute approximate surface area is 161 Å². The molecule has 0 bridgehead atoms. The molecular weight excluding hydrogens is 352 g/mol. The van der Waals surface area contributed by atoms with E-state index in [1.807, 2.05) is 67.6 Å². The lowest BCUT2D eigenvalue weighted by Gasteiger charge is -2.16. The van der Waals surface area contributed by atoms with E-state index >= 15 is 0 Å². The van der Waals surface area contributed by atoms with Crippen LogP contribution in [0.2, 0.25) is 0 Å². The molecule has 0 aliphatic carbocycles. The molecule has 0 aliphatic heterocycles. The van der Waals surface area contributed by atoms with Crippen LogP contribution in [0.5, 0.6) is 5.75 Å². The van der Waals surface area contributed by atoms with Crippen molar-refractivity contribution >= 4 is 21.6 Å². The number of methoxy groups -OCH3 is 1. The first-order chi connectivity index (χ1) is 13.2. The molecule has 0 fully saturated rings. The van der Waals surface area contributed by atoms with E-state index < -0.39 is 10.8 Å². The van der Waals surface area contributed by atoms with Crippen LogP contribution in [0.3, 0.4) is 0 Å². The van der Waals surface area contributed by atoms with Crippen LogP contribution in [-0.2, 0) is 10.8 Å². The number of rotatable bonds is 4. The number of hydrogen-bond acceptors (Lipinski definition) is 2. The van der Waals surface area contributed by atoms with E-state index in [1.165, 1.54) is 0 Å². The molecule has 1 unspecified atom stereocenters. The van der Waals surface area contributed by atoms with Crippen LogP contribution in [0.4, 0.5) is 0 Å². The highest BCUT2D eigenvalue weighted by molar-refractivity contribution is 7.85. The maximum atomic E-state index is 13.4. The van der Waals surface area contributed by atoms with Gasteiger partial charge < -0.3 is 4.74 Å². The third-order valence-corrected chi connectivity index (χ3v) is 6.14. The van der Waals surface area contributed by atoms with Gasteiger partial charge >= 0.3 is 0 Å². The molecule has 4 aromatic carbocycles. The van der Waals surface area contributed by atoms with Gasteiger partial charge in [-0.25, -0.2) is 4.21 Å². The predicted octanol–water partition coefficient (Wildman–Crippen LogP) is 5.99. The molecule has 2 nitrogen and oxygen atoms in total. The Bertz CT molecular complexity index is 1130. The van der Waals surface area contributed by atoms with Gasteiger partial charge in [-0.2, -0.15) is 0 Å². The Morgan fingerprint density at radius 1 is 0.778 bits per heavy atom. The molecule has 0 aromatic heterocycles. The molecule has 0 heterocycles. The van der Waals surface area contributed by atoms with Gasteiger partial charge in [0.05, 0.1) is 22.8 Å². The summed E-state index contributed by atoms with van der Waals surface area (Å²) in [5.41, 5.74) is 3.06. The normalized spacial score (nSPS) is 12.1. The topological polar surface area (TPSA) is 26.3 Å². The molecule has 0 N–H and O–H groups in total. The third kappa shape index (κ3) is 3.26. The Morgan fingerprint density at radius 2 is 1.48 bits per heavy atom. The zero-order chi connectivity index (χ0) is 18.8. The standard InChI is InChI=1S/C24H20O2S/c1-17-13-15-19(16-14-17)27(25)23-12-6-11-22(26-2)24(23)21-10-5-8-18-7-3-4-9-20(18)21/h3-16H,1-2H3. The smallest absolute Gasteiger partial charge is 0.127 e. The van der Waals surface area contributed by atoms with Crippen LogP contribution < -0.4 is 4.74 Å². The number of hydrogen-bond donors (Lipinski definition) is 0. The summed E-state index contributed by atoms with van der Waals surface area (Å²) in [4.78, 5) is 1.55. The molecule has 1 atom stereocenters. The van der Waals surface area contributed by atoms with Gasteiger partial charge in [-0.1, -0.05) is 66.2 Å². The molecule has 4 aromatic rings. The fourth-order valence-electron chi connectivity index (χ4n) is 3.33. The van der Waals surface area contributed by atoms with Gasteiger partial charge in [0.15, 0.2) is 0 Å². The fraction of sp³-hybridized carbons (Fsp3) is 0.0833. The summed E-state index contributed by atoms with van der Waals surface area (Å²) >= 11 is 0. The zero-order valence-electron chi connectivity index (χ0n) is 15.3. The molecule has 3 heteroatoms. The number of ether oxygens (including phenoxy) is 1. The van der Waals surface area contributed by atoms with Crippen molar-refractivity contribution in [3.8, 4) is 16.9 Å². The molecule has 27 heavy (non-hydrogen) atoms. The molecule has 0 radical (unpaired) electrons. The van der Waals surface area contributed by atoms with Crippen molar-refractivity contribution < 1.29 is 8.95 Å². The number of benzene rings is 4. The highest BCUT2D eigenvalue weighted by atomic mass is 32.2. The molecular formula is C24H20O2S.